The van der Waals surface area contributed by atoms with Gasteiger partial charge >= 0.3 is 5.97 Å². The summed E-state index contributed by atoms with van der Waals surface area (Å²) in [4.78, 5) is 32.5. The summed E-state index contributed by atoms with van der Waals surface area (Å²) in [6.07, 6.45) is 0.729. The lowest BCUT2D eigenvalue weighted by atomic mass is 10.1. The van der Waals surface area contributed by atoms with Gasteiger partial charge in [0.1, 0.15) is 12.3 Å². The number of aromatic nitrogens is 1. The lowest BCUT2D eigenvalue weighted by Gasteiger charge is -2.33. The highest BCUT2D eigenvalue weighted by atomic mass is 32.1. The molecule has 2 heterocycles. The first-order valence-corrected chi connectivity index (χ1v) is 10.8. The van der Waals surface area contributed by atoms with Crippen molar-refractivity contribution in [3.8, 4) is 17.0 Å². The summed E-state index contributed by atoms with van der Waals surface area (Å²) in [6, 6.07) is 5.68. The van der Waals surface area contributed by atoms with Gasteiger partial charge in [-0.25, -0.2) is 4.98 Å². The number of hydrogen-bond acceptors (Lipinski definition) is 6. The number of carbonyl (C=O) groups excluding carboxylic acids is 2. The van der Waals surface area contributed by atoms with Crippen LogP contribution < -0.4 is 9.64 Å². The van der Waals surface area contributed by atoms with E-state index in [0.717, 1.165) is 27.6 Å². The van der Waals surface area contributed by atoms with E-state index in [0.29, 0.717) is 30.4 Å². The van der Waals surface area contributed by atoms with Crippen LogP contribution in [0.4, 0.5) is 5.69 Å². The molecule has 0 radical (unpaired) electrons. The molecule has 156 valence electrons. The number of esters is 1. The van der Waals surface area contributed by atoms with Crippen LogP contribution >= 0.6 is 11.3 Å². The van der Waals surface area contributed by atoms with Gasteiger partial charge in [-0.1, -0.05) is 20.8 Å². The Hall–Kier alpha value is -2.41. The lowest BCUT2D eigenvalue weighted by molar-refractivity contribution is -0.143. The minimum Gasteiger partial charge on any atom is -0.478 e. The zero-order valence-electron chi connectivity index (χ0n) is 17.7. The van der Waals surface area contributed by atoms with E-state index in [1.165, 1.54) is 4.90 Å². The molecule has 1 amide bonds. The molecular weight excluding hydrogens is 388 g/mol. The Kier molecular flexibility index (Phi) is 6.57. The van der Waals surface area contributed by atoms with Crippen LogP contribution in [0.3, 0.4) is 0 Å². The fourth-order valence-electron chi connectivity index (χ4n) is 3.27. The topological polar surface area (TPSA) is 68.7 Å². The van der Waals surface area contributed by atoms with Crippen LogP contribution in [0.25, 0.3) is 11.3 Å². The van der Waals surface area contributed by atoms with Crippen molar-refractivity contribution in [1.29, 1.82) is 0 Å². The molecular formula is C22H28N2O4S. The molecule has 1 unspecified atom stereocenters. The van der Waals surface area contributed by atoms with Gasteiger partial charge in [0.15, 0.2) is 6.10 Å². The van der Waals surface area contributed by atoms with Crippen LogP contribution in [0.1, 0.15) is 43.5 Å². The number of nitrogens with zero attached hydrogens (tertiary/aromatic N) is 2. The fraction of sp³-hybridized carbons (Fsp3) is 0.500. The van der Waals surface area contributed by atoms with Crippen LogP contribution in [0.15, 0.2) is 18.2 Å². The Balaban J connectivity index is 1.89. The van der Waals surface area contributed by atoms with Crippen LogP contribution in [0.5, 0.6) is 5.75 Å². The first kappa shape index (κ1) is 21.3. The highest BCUT2D eigenvalue weighted by Gasteiger charge is 2.35. The molecule has 0 saturated carbocycles. The predicted octanol–water partition coefficient (Wildman–Crippen LogP) is 4.52. The van der Waals surface area contributed by atoms with E-state index in [1.54, 1.807) is 11.3 Å². The third-order valence-corrected chi connectivity index (χ3v) is 5.74. The summed E-state index contributed by atoms with van der Waals surface area (Å²) in [5.41, 5.74) is 2.37. The minimum absolute atomic E-state index is 0.123. The minimum atomic E-state index is -0.597. The van der Waals surface area contributed by atoms with E-state index in [4.69, 9.17) is 9.47 Å². The van der Waals surface area contributed by atoms with Gasteiger partial charge in [-0.3, -0.25) is 14.5 Å². The Morgan fingerprint density at radius 2 is 2.10 bits per heavy atom. The second-order valence-corrected chi connectivity index (χ2v) is 9.07. The number of thiazole rings is 1. The van der Waals surface area contributed by atoms with Crippen molar-refractivity contribution in [3.63, 3.8) is 0 Å². The SMILES string of the molecule is CCC1Oc2ccc(-c3nc(C)sc3C)cc2N(CC(=O)OCCC(C)C)C1=O. The van der Waals surface area contributed by atoms with Gasteiger partial charge in [0, 0.05) is 10.4 Å². The van der Waals surface area contributed by atoms with Gasteiger partial charge in [-0.05, 0) is 50.8 Å². The third-order valence-electron chi connectivity index (χ3n) is 4.85. The second-order valence-electron chi connectivity index (χ2n) is 7.66. The Labute approximate surface area is 175 Å². The number of amides is 1. The number of carbonyl (C=O) groups is 2. The average molecular weight is 417 g/mol. The van der Waals surface area contributed by atoms with Crippen molar-refractivity contribution in [2.24, 2.45) is 5.92 Å². The molecule has 1 aliphatic heterocycles. The van der Waals surface area contributed by atoms with Gasteiger partial charge < -0.3 is 9.47 Å². The molecule has 2 aromatic rings. The maximum atomic E-state index is 12.9. The first-order valence-electron chi connectivity index (χ1n) is 10.0. The molecule has 1 atom stereocenters. The van der Waals surface area contributed by atoms with Crippen molar-refractivity contribution in [1.82, 2.24) is 4.98 Å². The maximum absolute atomic E-state index is 12.9. The monoisotopic (exact) mass is 416 g/mol. The number of benzene rings is 1. The number of ether oxygens (including phenoxy) is 2. The van der Waals surface area contributed by atoms with Gasteiger partial charge in [0.05, 0.1) is 23.0 Å². The molecule has 1 aromatic carbocycles. The van der Waals surface area contributed by atoms with Crippen LogP contribution in [-0.2, 0) is 14.3 Å². The van der Waals surface area contributed by atoms with Crippen molar-refractivity contribution < 1.29 is 19.1 Å². The molecule has 3 rings (SSSR count). The van der Waals surface area contributed by atoms with Crippen molar-refractivity contribution in [2.75, 3.05) is 18.1 Å². The molecule has 0 spiro atoms. The highest BCUT2D eigenvalue weighted by Crippen LogP contribution is 2.39. The van der Waals surface area contributed by atoms with E-state index in [1.807, 2.05) is 39.0 Å². The van der Waals surface area contributed by atoms with Crippen molar-refractivity contribution in [2.45, 2.75) is 53.6 Å². The Morgan fingerprint density at radius 3 is 2.72 bits per heavy atom. The number of fused-ring (bicyclic) bond motifs is 1. The molecule has 7 heteroatoms. The lowest BCUT2D eigenvalue weighted by Crippen LogP contribution is -2.48. The normalized spacial score (nSPS) is 16.0. The summed E-state index contributed by atoms with van der Waals surface area (Å²) < 4.78 is 11.2. The summed E-state index contributed by atoms with van der Waals surface area (Å²) in [5, 5.41) is 0.985. The Bertz CT molecular complexity index is 906. The average Bonchev–Trinajstić information content (AvgIpc) is 3.01. The highest BCUT2D eigenvalue weighted by molar-refractivity contribution is 7.11. The van der Waals surface area contributed by atoms with E-state index in [2.05, 4.69) is 18.8 Å². The number of aryl methyl sites for hydroxylation is 2. The zero-order valence-corrected chi connectivity index (χ0v) is 18.5. The second kappa shape index (κ2) is 8.95. The summed E-state index contributed by atoms with van der Waals surface area (Å²) in [7, 11) is 0. The number of anilines is 1. The Morgan fingerprint density at radius 1 is 1.34 bits per heavy atom. The quantitative estimate of drug-likeness (QED) is 0.621. The van der Waals surface area contributed by atoms with E-state index < -0.39 is 12.1 Å². The first-order chi connectivity index (χ1) is 13.8. The van der Waals surface area contributed by atoms with Gasteiger partial charge in [-0.15, -0.1) is 11.3 Å². The van der Waals surface area contributed by atoms with Crippen molar-refractivity contribution in [3.05, 3.63) is 28.1 Å². The van der Waals surface area contributed by atoms with E-state index >= 15 is 0 Å². The molecule has 0 saturated heterocycles. The van der Waals surface area contributed by atoms with Crippen molar-refractivity contribution >= 4 is 28.9 Å². The molecule has 1 aliphatic rings. The summed E-state index contributed by atoms with van der Waals surface area (Å²) in [6.45, 7) is 10.3. The van der Waals surface area contributed by atoms with Crippen LogP contribution in [0, 0.1) is 19.8 Å². The standard InChI is InChI=1S/C22H28N2O4S/c1-6-18-22(26)24(12-20(25)27-10-9-13(2)3)17-11-16(7-8-19(17)28-18)21-14(4)29-15(5)23-21/h7-8,11,13,18H,6,9-10,12H2,1-5H3. The summed E-state index contributed by atoms with van der Waals surface area (Å²) in [5.74, 6) is 0.419. The van der Waals surface area contributed by atoms with E-state index in [-0.39, 0.29) is 12.5 Å². The molecule has 0 N–H and O–H groups in total. The molecule has 0 bridgehead atoms. The van der Waals surface area contributed by atoms with Gasteiger partial charge in [0.2, 0.25) is 0 Å². The molecule has 6 nitrogen and oxygen atoms in total. The molecule has 1 aromatic heterocycles. The zero-order chi connectivity index (χ0) is 21.1. The van der Waals surface area contributed by atoms with Crippen LogP contribution in [-0.4, -0.2) is 36.1 Å². The maximum Gasteiger partial charge on any atom is 0.326 e. The smallest absolute Gasteiger partial charge is 0.326 e. The number of rotatable bonds is 7. The fourth-order valence-corrected chi connectivity index (χ4v) is 4.11. The molecule has 29 heavy (non-hydrogen) atoms. The predicted molar refractivity (Wildman–Crippen MR) is 114 cm³/mol. The van der Waals surface area contributed by atoms with E-state index in [9.17, 15) is 9.59 Å². The molecule has 0 aliphatic carbocycles. The largest absolute Gasteiger partial charge is 0.478 e. The molecule has 0 fully saturated rings. The summed E-state index contributed by atoms with van der Waals surface area (Å²) >= 11 is 1.63. The third kappa shape index (κ3) is 4.78. The van der Waals surface area contributed by atoms with Gasteiger partial charge in [0.25, 0.3) is 5.91 Å². The number of hydrogen-bond donors (Lipinski definition) is 0. The van der Waals surface area contributed by atoms with Crippen LogP contribution in [0.2, 0.25) is 0 Å². The van der Waals surface area contributed by atoms with Gasteiger partial charge in [-0.2, -0.15) is 0 Å².